The smallest absolute Gasteiger partial charge is 0.232 e. The number of ketones is 1. The maximum Gasteiger partial charge on any atom is 0.232 e. The van der Waals surface area contributed by atoms with Gasteiger partial charge in [-0.15, -0.1) is 0 Å². The summed E-state index contributed by atoms with van der Waals surface area (Å²) in [5, 5.41) is 3.98. The van der Waals surface area contributed by atoms with Gasteiger partial charge in [-0.2, -0.15) is 0 Å². The molecule has 1 saturated carbocycles. The van der Waals surface area contributed by atoms with Crippen molar-refractivity contribution in [3.8, 4) is 0 Å². The van der Waals surface area contributed by atoms with Gasteiger partial charge in [-0.3, -0.25) is 9.10 Å². The summed E-state index contributed by atoms with van der Waals surface area (Å²) in [6.45, 7) is 4.03. The van der Waals surface area contributed by atoms with Crippen LogP contribution < -0.4 is 4.31 Å². The number of rotatable bonds is 7. The summed E-state index contributed by atoms with van der Waals surface area (Å²) < 4.78 is 31.2. The number of sulfonamides is 1. The highest BCUT2D eigenvalue weighted by Crippen LogP contribution is 2.43. The molecule has 0 N–H and O–H groups in total. The molecule has 1 aliphatic carbocycles. The molecule has 140 valence electrons. The maximum atomic E-state index is 13.2. The van der Waals surface area contributed by atoms with E-state index in [4.69, 9.17) is 16.1 Å². The molecular formula is C18H21ClN2O4S. The standard InChI is InChI=1S/C18H21ClN2O4S/c1-11(2)10-21(26(3,23)24)16-13(5-4-6-15(16)19)17(22)14-9-20-25-18(14)12-7-8-12/h4-6,9,11-12H,7-8,10H2,1-3H3. The van der Waals surface area contributed by atoms with Crippen LogP contribution >= 0.6 is 11.6 Å². The molecule has 0 unspecified atom stereocenters. The molecule has 1 aliphatic rings. The van der Waals surface area contributed by atoms with E-state index in [0.717, 1.165) is 19.1 Å². The first kappa shape index (κ1) is 18.9. The van der Waals surface area contributed by atoms with Gasteiger partial charge in [-0.1, -0.05) is 36.7 Å². The fraction of sp³-hybridized carbons (Fsp3) is 0.444. The average Bonchev–Trinajstić information content (AvgIpc) is 3.28. The molecule has 0 amide bonds. The lowest BCUT2D eigenvalue weighted by Crippen LogP contribution is -2.34. The van der Waals surface area contributed by atoms with Crippen molar-refractivity contribution >= 4 is 33.1 Å². The molecule has 1 fully saturated rings. The molecule has 0 radical (unpaired) electrons. The normalized spacial score (nSPS) is 14.7. The van der Waals surface area contributed by atoms with Crippen LogP contribution in [0.15, 0.2) is 28.9 Å². The fourth-order valence-electron chi connectivity index (χ4n) is 2.88. The molecule has 1 aromatic heterocycles. The van der Waals surface area contributed by atoms with Crippen molar-refractivity contribution in [3.05, 3.63) is 46.3 Å². The van der Waals surface area contributed by atoms with Crippen LogP contribution in [0.3, 0.4) is 0 Å². The predicted octanol–water partition coefficient (Wildman–Crippen LogP) is 3.86. The van der Waals surface area contributed by atoms with Crippen molar-refractivity contribution in [3.63, 3.8) is 0 Å². The highest BCUT2D eigenvalue weighted by atomic mass is 35.5. The Balaban J connectivity index is 2.12. The predicted molar refractivity (Wildman–Crippen MR) is 100 cm³/mol. The third-order valence-corrected chi connectivity index (χ3v) is 5.64. The van der Waals surface area contributed by atoms with Gasteiger partial charge in [0.25, 0.3) is 0 Å². The maximum absolute atomic E-state index is 13.2. The number of hydrogen-bond acceptors (Lipinski definition) is 5. The van der Waals surface area contributed by atoms with Crippen LogP contribution in [0.25, 0.3) is 0 Å². The quantitative estimate of drug-likeness (QED) is 0.664. The number of aromatic nitrogens is 1. The molecule has 2 aromatic rings. The van der Waals surface area contributed by atoms with Gasteiger partial charge in [0.15, 0.2) is 11.5 Å². The summed E-state index contributed by atoms with van der Waals surface area (Å²) in [7, 11) is -3.62. The first-order valence-corrected chi connectivity index (χ1v) is 10.7. The summed E-state index contributed by atoms with van der Waals surface area (Å²) in [5.41, 5.74) is 0.806. The zero-order chi connectivity index (χ0) is 19.1. The molecule has 1 heterocycles. The molecule has 0 atom stereocenters. The van der Waals surface area contributed by atoms with Crippen LogP contribution in [0, 0.1) is 5.92 Å². The number of carbonyl (C=O) groups is 1. The number of anilines is 1. The topological polar surface area (TPSA) is 80.5 Å². The highest BCUT2D eigenvalue weighted by Gasteiger charge is 2.34. The van der Waals surface area contributed by atoms with Crippen LogP contribution in [0.4, 0.5) is 5.69 Å². The Morgan fingerprint density at radius 2 is 2.04 bits per heavy atom. The van der Waals surface area contributed by atoms with Gasteiger partial charge in [0.2, 0.25) is 10.0 Å². The third-order valence-electron chi connectivity index (χ3n) is 4.20. The minimum Gasteiger partial charge on any atom is -0.360 e. The Morgan fingerprint density at radius 1 is 1.35 bits per heavy atom. The Hall–Kier alpha value is -1.86. The van der Waals surface area contributed by atoms with E-state index in [9.17, 15) is 13.2 Å². The molecule has 8 heteroatoms. The average molecular weight is 397 g/mol. The Morgan fingerprint density at radius 3 is 2.62 bits per heavy atom. The lowest BCUT2D eigenvalue weighted by atomic mass is 10.0. The van der Waals surface area contributed by atoms with E-state index in [-0.39, 0.29) is 40.4 Å². The van der Waals surface area contributed by atoms with Crippen molar-refractivity contribution < 1.29 is 17.7 Å². The molecular weight excluding hydrogens is 376 g/mol. The van der Waals surface area contributed by atoms with Gasteiger partial charge < -0.3 is 4.52 Å². The molecule has 0 bridgehead atoms. The summed E-state index contributed by atoms with van der Waals surface area (Å²) in [4.78, 5) is 13.2. The van der Waals surface area contributed by atoms with Crippen LogP contribution in [0.1, 0.15) is 54.3 Å². The van der Waals surface area contributed by atoms with E-state index in [1.165, 1.54) is 10.5 Å². The van der Waals surface area contributed by atoms with Crippen LogP contribution in [0.2, 0.25) is 5.02 Å². The fourth-order valence-corrected chi connectivity index (χ4v) is 4.30. The Kier molecular flexibility index (Phi) is 5.12. The molecule has 0 saturated heterocycles. The summed E-state index contributed by atoms with van der Waals surface area (Å²) in [6.07, 6.45) is 4.43. The first-order valence-electron chi connectivity index (χ1n) is 8.45. The lowest BCUT2D eigenvalue weighted by Gasteiger charge is -2.27. The second kappa shape index (κ2) is 7.04. The van der Waals surface area contributed by atoms with Crippen molar-refractivity contribution in [1.82, 2.24) is 5.16 Å². The van der Waals surface area contributed by atoms with Crippen LogP contribution in [0.5, 0.6) is 0 Å². The number of para-hydroxylation sites is 1. The number of carbonyl (C=O) groups excluding carboxylic acids is 1. The van der Waals surface area contributed by atoms with Gasteiger partial charge >= 0.3 is 0 Å². The molecule has 26 heavy (non-hydrogen) atoms. The van der Waals surface area contributed by atoms with E-state index in [2.05, 4.69) is 5.16 Å². The largest absolute Gasteiger partial charge is 0.360 e. The van der Waals surface area contributed by atoms with Crippen LogP contribution in [-0.2, 0) is 10.0 Å². The molecule has 0 aliphatic heterocycles. The van der Waals surface area contributed by atoms with E-state index in [1.807, 2.05) is 13.8 Å². The molecule has 6 nitrogen and oxygen atoms in total. The second-order valence-corrected chi connectivity index (χ2v) is 9.35. The number of benzene rings is 1. The Labute approximate surface area is 158 Å². The van der Waals surface area contributed by atoms with E-state index >= 15 is 0 Å². The van der Waals surface area contributed by atoms with E-state index in [1.54, 1.807) is 18.2 Å². The van der Waals surface area contributed by atoms with Crippen molar-refractivity contribution in [2.24, 2.45) is 5.92 Å². The van der Waals surface area contributed by atoms with E-state index < -0.39 is 10.0 Å². The van der Waals surface area contributed by atoms with Crippen molar-refractivity contribution in [2.75, 3.05) is 17.1 Å². The molecule has 1 aromatic carbocycles. The molecule has 3 rings (SSSR count). The van der Waals surface area contributed by atoms with E-state index in [0.29, 0.717) is 11.3 Å². The van der Waals surface area contributed by atoms with Gasteiger partial charge in [0, 0.05) is 18.0 Å². The zero-order valence-electron chi connectivity index (χ0n) is 14.9. The summed E-state index contributed by atoms with van der Waals surface area (Å²) in [5.74, 6) is 0.501. The molecule has 0 spiro atoms. The SMILES string of the molecule is CC(C)CN(c1c(Cl)cccc1C(=O)c1cnoc1C1CC1)S(C)(=O)=O. The van der Waals surface area contributed by atoms with Crippen molar-refractivity contribution in [2.45, 2.75) is 32.6 Å². The Bertz CT molecular complexity index is 932. The summed E-state index contributed by atoms with van der Waals surface area (Å²) >= 11 is 6.34. The number of nitrogens with zero attached hydrogens (tertiary/aromatic N) is 2. The van der Waals surface area contributed by atoms with Crippen molar-refractivity contribution in [1.29, 1.82) is 0 Å². The monoisotopic (exact) mass is 396 g/mol. The highest BCUT2D eigenvalue weighted by molar-refractivity contribution is 7.92. The third kappa shape index (κ3) is 3.78. The zero-order valence-corrected chi connectivity index (χ0v) is 16.5. The number of hydrogen-bond donors (Lipinski definition) is 0. The second-order valence-electron chi connectivity index (χ2n) is 7.03. The van der Waals surface area contributed by atoms with Gasteiger partial charge in [-0.25, -0.2) is 8.42 Å². The van der Waals surface area contributed by atoms with Gasteiger partial charge in [0.1, 0.15) is 0 Å². The van der Waals surface area contributed by atoms with Gasteiger partial charge in [0.05, 0.1) is 28.7 Å². The number of halogens is 1. The minimum absolute atomic E-state index is 0.0570. The van der Waals surface area contributed by atoms with Crippen LogP contribution in [-0.4, -0.2) is 32.2 Å². The first-order chi connectivity index (χ1) is 12.2. The minimum atomic E-state index is -3.62. The summed E-state index contributed by atoms with van der Waals surface area (Å²) in [6, 6.07) is 4.81. The van der Waals surface area contributed by atoms with Gasteiger partial charge in [-0.05, 0) is 30.9 Å². The lowest BCUT2D eigenvalue weighted by molar-refractivity contribution is 0.103.